The fraction of sp³-hybridized carbons (Fsp3) is 0.786. The molecule has 0 atom stereocenters. The summed E-state index contributed by atoms with van der Waals surface area (Å²) in [4.78, 5) is 4.64. The molecule has 1 aliphatic rings. The van der Waals surface area contributed by atoms with Gasteiger partial charge in [0.15, 0.2) is 0 Å². The van der Waals surface area contributed by atoms with Gasteiger partial charge in [-0.2, -0.15) is 0 Å². The lowest BCUT2D eigenvalue weighted by molar-refractivity contribution is -0.0617. The van der Waals surface area contributed by atoms with Crippen molar-refractivity contribution in [1.82, 2.24) is 10.3 Å². The van der Waals surface area contributed by atoms with Crippen molar-refractivity contribution in [3.8, 4) is 0 Å². The van der Waals surface area contributed by atoms with Gasteiger partial charge < -0.3 is 15.2 Å². The molecule has 0 amide bonds. The average Bonchev–Trinajstić information content (AvgIpc) is 2.78. The molecule has 2 N–H and O–H groups in total. The Labute approximate surface area is 119 Å². The standard InChI is InChI=1S/C14H24N2O2S/c1-13(2,3)11-9-19-12(16-11)8-15-10-14(17)4-6-18-7-5-14/h9,15,17H,4-8,10H2,1-3H3. The summed E-state index contributed by atoms with van der Waals surface area (Å²) in [7, 11) is 0. The number of thiazole rings is 1. The molecule has 0 aliphatic carbocycles. The van der Waals surface area contributed by atoms with E-state index in [1.54, 1.807) is 11.3 Å². The van der Waals surface area contributed by atoms with Gasteiger partial charge in [0.25, 0.3) is 0 Å². The summed E-state index contributed by atoms with van der Waals surface area (Å²) in [6, 6.07) is 0. The Hall–Kier alpha value is -0.490. The lowest BCUT2D eigenvalue weighted by atomic mass is 9.93. The molecule has 0 spiro atoms. The van der Waals surface area contributed by atoms with Crippen LogP contribution in [-0.4, -0.2) is 35.5 Å². The molecule has 0 saturated carbocycles. The van der Waals surface area contributed by atoms with Gasteiger partial charge in [-0.15, -0.1) is 11.3 Å². The smallest absolute Gasteiger partial charge is 0.107 e. The number of rotatable bonds is 4. The molecule has 0 aromatic carbocycles. The van der Waals surface area contributed by atoms with Crippen LogP contribution in [0.3, 0.4) is 0 Å². The quantitative estimate of drug-likeness (QED) is 0.889. The van der Waals surface area contributed by atoms with Gasteiger partial charge in [0.05, 0.1) is 11.3 Å². The van der Waals surface area contributed by atoms with Gasteiger partial charge in [-0.25, -0.2) is 4.98 Å². The Morgan fingerprint density at radius 2 is 2.11 bits per heavy atom. The number of aromatic nitrogens is 1. The summed E-state index contributed by atoms with van der Waals surface area (Å²) in [5.74, 6) is 0. The lowest BCUT2D eigenvalue weighted by Gasteiger charge is -2.32. The van der Waals surface area contributed by atoms with Crippen LogP contribution in [0.1, 0.15) is 44.3 Å². The highest BCUT2D eigenvalue weighted by molar-refractivity contribution is 7.09. The summed E-state index contributed by atoms with van der Waals surface area (Å²) >= 11 is 1.68. The molecule has 5 heteroatoms. The van der Waals surface area contributed by atoms with E-state index in [0.717, 1.165) is 17.2 Å². The maximum atomic E-state index is 10.3. The summed E-state index contributed by atoms with van der Waals surface area (Å²) < 4.78 is 5.27. The molecule has 1 aromatic heterocycles. The van der Waals surface area contributed by atoms with E-state index >= 15 is 0 Å². The molecule has 4 nitrogen and oxygen atoms in total. The number of aliphatic hydroxyl groups is 1. The van der Waals surface area contributed by atoms with Gasteiger partial charge >= 0.3 is 0 Å². The highest BCUT2D eigenvalue weighted by Crippen LogP contribution is 2.24. The third-order valence-corrected chi connectivity index (χ3v) is 4.32. The fourth-order valence-electron chi connectivity index (χ4n) is 2.07. The van der Waals surface area contributed by atoms with Crippen molar-refractivity contribution in [3.05, 3.63) is 16.1 Å². The zero-order valence-corrected chi connectivity index (χ0v) is 12.8. The predicted molar refractivity (Wildman–Crippen MR) is 77.5 cm³/mol. The summed E-state index contributed by atoms with van der Waals surface area (Å²) in [5.41, 5.74) is 0.634. The van der Waals surface area contributed by atoms with Gasteiger partial charge in [0, 0.05) is 49.9 Å². The average molecular weight is 284 g/mol. The molecule has 0 unspecified atom stereocenters. The fourth-order valence-corrected chi connectivity index (χ4v) is 3.06. The number of ether oxygens (including phenoxy) is 1. The minimum atomic E-state index is -0.609. The molecule has 1 saturated heterocycles. The summed E-state index contributed by atoms with van der Waals surface area (Å²) in [5, 5.41) is 16.9. The van der Waals surface area contributed by atoms with E-state index in [4.69, 9.17) is 4.74 Å². The Balaban J connectivity index is 1.81. The van der Waals surface area contributed by atoms with Crippen molar-refractivity contribution >= 4 is 11.3 Å². The van der Waals surface area contributed by atoms with Crippen molar-refractivity contribution in [2.24, 2.45) is 0 Å². The maximum Gasteiger partial charge on any atom is 0.107 e. The summed E-state index contributed by atoms with van der Waals surface area (Å²) in [6.07, 6.45) is 1.43. The first kappa shape index (κ1) is 14.9. The highest BCUT2D eigenvalue weighted by atomic mass is 32.1. The number of hydrogen-bond donors (Lipinski definition) is 2. The molecule has 1 aliphatic heterocycles. The van der Waals surface area contributed by atoms with Crippen molar-refractivity contribution < 1.29 is 9.84 Å². The number of nitrogens with zero attached hydrogens (tertiary/aromatic N) is 1. The van der Waals surface area contributed by atoms with Crippen molar-refractivity contribution in [1.29, 1.82) is 0 Å². The van der Waals surface area contributed by atoms with E-state index in [1.165, 1.54) is 0 Å². The van der Waals surface area contributed by atoms with Crippen molar-refractivity contribution in [3.63, 3.8) is 0 Å². The van der Waals surface area contributed by atoms with Gasteiger partial charge in [-0.3, -0.25) is 0 Å². The Morgan fingerprint density at radius 3 is 2.68 bits per heavy atom. The van der Waals surface area contributed by atoms with Crippen LogP contribution in [0.25, 0.3) is 0 Å². The Bertz CT molecular complexity index is 406. The topological polar surface area (TPSA) is 54.4 Å². The minimum Gasteiger partial charge on any atom is -0.388 e. The molecule has 0 bridgehead atoms. The molecule has 2 rings (SSSR count). The van der Waals surface area contributed by atoms with Gasteiger partial charge in [-0.1, -0.05) is 20.8 Å². The molecule has 2 heterocycles. The van der Waals surface area contributed by atoms with Crippen molar-refractivity contribution in [2.45, 2.75) is 51.2 Å². The SMILES string of the molecule is CC(C)(C)c1csc(CNCC2(O)CCOCC2)n1. The third-order valence-electron chi connectivity index (χ3n) is 3.47. The number of nitrogens with one attached hydrogen (secondary N) is 1. The van der Waals surface area contributed by atoms with Crippen LogP contribution >= 0.6 is 11.3 Å². The van der Waals surface area contributed by atoms with Crippen LogP contribution in [0.5, 0.6) is 0 Å². The van der Waals surface area contributed by atoms with Crippen LogP contribution in [0.4, 0.5) is 0 Å². The largest absolute Gasteiger partial charge is 0.388 e. The second kappa shape index (κ2) is 5.87. The first-order valence-electron chi connectivity index (χ1n) is 6.85. The predicted octanol–water partition coefficient (Wildman–Crippen LogP) is 2.07. The van der Waals surface area contributed by atoms with E-state index in [2.05, 4.69) is 36.5 Å². The summed E-state index contributed by atoms with van der Waals surface area (Å²) in [6.45, 7) is 9.16. The molecule has 1 aromatic rings. The first-order valence-corrected chi connectivity index (χ1v) is 7.73. The molecule has 0 radical (unpaired) electrons. The van der Waals surface area contributed by atoms with Crippen LogP contribution in [0.2, 0.25) is 0 Å². The van der Waals surface area contributed by atoms with Crippen molar-refractivity contribution in [2.75, 3.05) is 19.8 Å². The van der Waals surface area contributed by atoms with Gasteiger partial charge in [-0.05, 0) is 0 Å². The lowest BCUT2D eigenvalue weighted by Crippen LogP contribution is -2.44. The molecule has 1 fully saturated rings. The molecule has 19 heavy (non-hydrogen) atoms. The normalized spacial score (nSPS) is 19.6. The second-order valence-electron chi connectivity index (χ2n) is 6.32. The Kier molecular flexibility index (Phi) is 4.61. The molecular weight excluding hydrogens is 260 g/mol. The van der Waals surface area contributed by atoms with Gasteiger partial charge in [0.1, 0.15) is 5.01 Å². The van der Waals surface area contributed by atoms with Crippen LogP contribution in [0.15, 0.2) is 5.38 Å². The molecular formula is C14H24N2O2S. The van der Waals surface area contributed by atoms with E-state index in [1.807, 2.05) is 0 Å². The van der Waals surface area contributed by atoms with Gasteiger partial charge in [0.2, 0.25) is 0 Å². The minimum absolute atomic E-state index is 0.105. The highest BCUT2D eigenvalue weighted by Gasteiger charge is 2.29. The first-order chi connectivity index (χ1) is 8.89. The van der Waals surface area contributed by atoms with Crippen LogP contribution in [-0.2, 0) is 16.7 Å². The van der Waals surface area contributed by atoms with Crippen LogP contribution in [0, 0.1) is 0 Å². The zero-order valence-electron chi connectivity index (χ0n) is 12.0. The van der Waals surface area contributed by atoms with Crippen LogP contribution < -0.4 is 5.32 Å². The molecule has 108 valence electrons. The monoisotopic (exact) mass is 284 g/mol. The zero-order chi connectivity index (χ0) is 13.9. The Morgan fingerprint density at radius 1 is 1.42 bits per heavy atom. The number of hydrogen-bond acceptors (Lipinski definition) is 5. The van der Waals surface area contributed by atoms with E-state index < -0.39 is 5.60 Å². The van der Waals surface area contributed by atoms with E-state index in [-0.39, 0.29) is 5.41 Å². The maximum absolute atomic E-state index is 10.3. The van der Waals surface area contributed by atoms with E-state index in [9.17, 15) is 5.11 Å². The van der Waals surface area contributed by atoms with E-state index in [0.29, 0.717) is 32.6 Å². The third kappa shape index (κ3) is 4.24. The second-order valence-corrected chi connectivity index (χ2v) is 7.26.